The van der Waals surface area contributed by atoms with Crippen molar-refractivity contribution in [3.8, 4) is 0 Å². The molecule has 114 valence electrons. The van der Waals surface area contributed by atoms with Crippen LogP contribution in [0.5, 0.6) is 0 Å². The summed E-state index contributed by atoms with van der Waals surface area (Å²) in [4.78, 5) is 22.6. The third-order valence-electron chi connectivity index (χ3n) is 3.06. The molecule has 1 atom stereocenters. The summed E-state index contributed by atoms with van der Waals surface area (Å²) in [7, 11) is 0. The van der Waals surface area contributed by atoms with Crippen molar-refractivity contribution in [3.63, 3.8) is 0 Å². The van der Waals surface area contributed by atoms with Crippen molar-refractivity contribution in [2.75, 3.05) is 11.9 Å². The predicted molar refractivity (Wildman–Crippen MR) is 85.7 cm³/mol. The van der Waals surface area contributed by atoms with Crippen LogP contribution < -0.4 is 5.32 Å². The summed E-state index contributed by atoms with van der Waals surface area (Å²) >= 11 is 1.68. The molecule has 0 aromatic carbocycles. The summed E-state index contributed by atoms with van der Waals surface area (Å²) in [5.41, 5.74) is 0. The Balaban J connectivity index is 2.06. The number of carbonyl (C=O) groups excluding carboxylic acids is 1. The Morgan fingerprint density at radius 1 is 1.38 bits per heavy atom. The van der Waals surface area contributed by atoms with Crippen LogP contribution in [0.1, 0.15) is 32.6 Å². The van der Waals surface area contributed by atoms with Crippen LogP contribution >= 0.6 is 11.3 Å². The monoisotopic (exact) mass is 307 g/mol. The van der Waals surface area contributed by atoms with Crippen molar-refractivity contribution in [2.24, 2.45) is 5.92 Å². The molecule has 0 aliphatic rings. The molecule has 0 saturated heterocycles. The van der Waals surface area contributed by atoms with Crippen LogP contribution in [-0.4, -0.2) is 28.6 Å². The number of rotatable bonds is 6. The normalized spacial score (nSPS) is 12.6. The lowest BCUT2D eigenvalue weighted by atomic mass is 10.2. The second-order valence-corrected chi connectivity index (χ2v) is 6.39. The van der Waals surface area contributed by atoms with E-state index in [-0.39, 0.29) is 18.0 Å². The molecule has 0 radical (unpaired) electrons. The molecule has 0 aliphatic carbocycles. The van der Waals surface area contributed by atoms with Gasteiger partial charge < -0.3 is 10.1 Å². The van der Waals surface area contributed by atoms with E-state index < -0.39 is 0 Å². The lowest BCUT2D eigenvalue weighted by Gasteiger charge is -2.14. The van der Waals surface area contributed by atoms with E-state index in [0.29, 0.717) is 6.54 Å². The number of fused-ring (bicyclic) bond motifs is 1. The second kappa shape index (κ2) is 6.85. The van der Waals surface area contributed by atoms with E-state index >= 15 is 0 Å². The molecule has 0 spiro atoms. The molecule has 0 aliphatic heterocycles. The minimum Gasteiger partial charge on any atom is -0.463 e. The van der Waals surface area contributed by atoms with Gasteiger partial charge in [0, 0.05) is 11.4 Å². The second-order valence-electron chi connectivity index (χ2n) is 5.27. The number of hydrogen-bond donors (Lipinski definition) is 1. The highest BCUT2D eigenvalue weighted by Gasteiger charge is 2.16. The van der Waals surface area contributed by atoms with Gasteiger partial charge in [-0.1, -0.05) is 13.8 Å². The first-order valence-electron chi connectivity index (χ1n) is 7.19. The van der Waals surface area contributed by atoms with Crippen LogP contribution in [0.4, 0.5) is 5.82 Å². The van der Waals surface area contributed by atoms with Gasteiger partial charge in [-0.25, -0.2) is 9.97 Å². The van der Waals surface area contributed by atoms with Crippen LogP contribution in [0.15, 0.2) is 12.4 Å². The van der Waals surface area contributed by atoms with E-state index in [1.165, 1.54) is 4.88 Å². The minimum absolute atomic E-state index is 0.0882. The van der Waals surface area contributed by atoms with Crippen molar-refractivity contribution in [3.05, 3.63) is 17.3 Å². The van der Waals surface area contributed by atoms with E-state index in [9.17, 15) is 4.79 Å². The molecule has 21 heavy (non-hydrogen) atoms. The Morgan fingerprint density at radius 2 is 2.14 bits per heavy atom. The smallest absolute Gasteiger partial charge is 0.310 e. The first-order chi connectivity index (χ1) is 10.0. The van der Waals surface area contributed by atoms with Crippen molar-refractivity contribution in [2.45, 2.75) is 40.2 Å². The third-order valence-corrected chi connectivity index (χ3v) is 4.25. The van der Waals surface area contributed by atoms with Crippen LogP contribution in [-0.2, 0) is 16.0 Å². The summed E-state index contributed by atoms with van der Waals surface area (Å²) in [6, 6.07) is 2.11. The molecule has 6 heteroatoms. The zero-order chi connectivity index (χ0) is 15.4. The quantitative estimate of drug-likeness (QED) is 0.830. The third kappa shape index (κ3) is 3.91. The first-order valence-corrected chi connectivity index (χ1v) is 8.00. The summed E-state index contributed by atoms with van der Waals surface area (Å²) < 4.78 is 5.20. The number of hydrogen-bond acceptors (Lipinski definition) is 6. The van der Waals surface area contributed by atoms with Crippen LogP contribution in [0.25, 0.3) is 10.2 Å². The zero-order valence-electron chi connectivity index (χ0n) is 12.8. The van der Waals surface area contributed by atoms with E-state index in [0.717, 1.165) is 22.5 Å². The number of anilines is 1. The number of nitrogens with one attached hydrogen (secondary N) is 1. The summed E-state index contributed by atoms with van der Waals surface area (Å²) in [5.74, 6) is 0.365. The molecule has 0 amide bonds. The molecule has 2 aromatic rings. The number of aromatic nitrogens is 2. The molecule has 2 heterocycles. The maximum atomic E-state index is 11.8. The SMILES string of the molecule is CCc1cc2c(NCC(C)C(=O)OC(C)C)ncnc2s1. The van der Waals surface area contributed by atoms with Gasteiger partial charge in [-0.05, 0) is 26.3 Å². The highest BCUT2D eigenvalue weighted by atomic mass is 32.1. The Morgan fingerprint density at radius 3 is 2.81 bits per heavy atom. The van der Waals surface area contributed by atoms with Crippen molar-refractivity contribution in [1.82, 2.24) is 9.97 Å². The van der Waals surface area contributed by atoms with Gasteiger partial charge >= 0.3 is 5.97 Å². The van der Waals surface area contributed by atoms with Crippen LogP contribution in [0.2, 0.25) is 0 Å². The maximum absolute atomic E-state index is 11.8. The predicted octanol–water partition coefficient (Wildman–Crippen LogP) is 3.25. The van der Waals surface area contributed by atoms with Gasteiger partial charge in [0.15, 0.2) is 0 Å². The first kappa shape index (κ1) is 15.7. The summed E-state index contributed by atoms with van der Waals surface area (Å²) in [6.45, 7) is 8.17. The van der Waals surface area contributed by atoms with Crippen molar-refractivity contribution < 1.29 is 9.53 Å². The van der Waals surface area contributed by atoms with Gasteiger partial charge in [-0.15, -0.1) is 11.3 Å². The molecule has 0 fully saturated rings. The average Bonchev–Trinajstić information content (AvgIpc) is 2.87. The lowest BCUT2D eigenvalue weighted by Crippen LogP contribution is -2.25. The van der Waals surface area contributed by atoms with Gasteiger partial charge in [0.25, 0.3) is 0 Å². The highest BCUT2D eigenvalue weighted by molar-refractivity contribution is 7.18. The largest absolute Gasteiger partial charge is 0.463 e. The van der Waals surface area contributed by atoms with Crippen molar-refractivity contribution in [1.29, 1.82) is 0 Å². The number of aryl methyl sites for hydroxylation is 1. The fourth-order valence-corrected chi connectivity index (χ4v) is 2.84. The number of thiophene rings is 1. The van der Waals surface area contributed by atoms with Gasteiger partial charge in [-0.2, -0.15) is 0 Å². The number of esters is 1. The minimum atomic E-state index is -0.221. The van der Waals surface area contributed by atoms with E-state index in [1.54, 1.807) is 17.7 Å². The molecule has 0 bridgehead atoms. The van der Waals surface area contributed by atoms with E-state index in [4.69, 9.17) is 4.74 Å². The molecular weight excluding hydrogens is 286 g/mol. The van der Waals surface area contributed by atoms with Gasteiger partial charge in [-0.3, -0.25) is 4.79 Å². The van der Waals surface area contributed by atoms with Gasteiger partial charge in [0.05, 0.1) is 17.4 Å². The molecule has 1 N–H and O–H groups in total. The summed E-state index contributed by atoms with van der Waals surface area (Å²) in [6.07, 6.45) is 2.45. The zero-order valence-corrected chi connectivity index (χ0v) is 13.7. The highest BCUT2D eigenvalue weighted by Crippen LogP contribution is 2.28. The Hall–Kier alpha value is -1.69. The van der Waals surface area contributed by atoms with Crippen LogP contribution in [0.3, 0.4) is 0 Å². The summed E-state index contributed by atoms with van der Waals surface area (Å²) in [5, 5.41) is 4.25. The fourth-order valence-electron chi connectivity index (χ4n) is 1.90. The molecule has 1 unspecified atom stereocenters. The number of carbonyl (C=O) groups is 1. The maximum Gasteiger partial charge on any atom is 0.310 e. The van der Waals surface area contributed by atoms with Crippen LogP contribution in [0, 0.1) is 5.92 Å². The fraction of sp³-hybridized carbons (Fsp3) is 0.533. The van der Waals surface area contributed by atoms with Gasteiger partial charge in [0.2, 0.25) is 0 Å². The Kier molecular flexibility index (Phi) is 5.12. The topological polar surface area (TPSA) is 64.1 Å². The van der Waals surface area contributed by atoms with Gasteiger partial charge in [0.1, 0.15) is 17.0 Å². The Labute approximate surface area is 128 Å². The molecule has 0 saturated carbocycles. The Bertz CT molecular complexity index is 624. The standard InChI is InChI=1S/C15H21N3O2S/c1-5-11-6-12-13(17-8-18-14(12)21-11)16-7-10(4)15(19)20-9(2)3/h6,8-10H,5,7H2,1-4H3,(H,16,17,18). The number of ether oxygens (including phenoxy) is 1. The molecule has 2 aromatic heterocycles. The van der Waals surface area contributed by atoms with Crippen molar-refractivity contribution >= 4 is 33.3 Å². The van der Waals surface area contributed by atoms with E-state index in [2.05, 4.69) is 28.3 Å². The molecule has 5 nitrogen and oxygen atoms in total. The van der Waals surface area contributed by atoms with E-state index in [1.807, 2.05) is 20.8 Å². The number of nitrogens with zero attached hydrogens (tertiary/aromatic N) is 2. The lowest BCUT2D eigenvalue weighted by molar-refractivity contribution is -0.151. The average molecular weight is 307 g/mol. The molecular formula is C15H21N3O2S. The molecule has 2 rings (SSSR count).